The lowest BCUT2D eigenvalue weighted by Crippen LogP contribution is -2.20. The van der Waals surface area contributed by atoms with E-state index in [0.717, 1.165) is 5.52 Å². The van der Waals surface area contributed by atoms with Crippen molar-refractivity contribution in [3.05, 3.63) is 49.8 Å². The third kappa shape index (κ3) is 2.06. The number of nitrogens with zero attached hydrogens (tertiary/aromatic N) is 1. The maximum absolute atomic E-state index is 12.6. The molecule has 0 spiro atoms. The van der Waals surface area contributed by atoms with Gasteiger partial charge in [-0.2, -0.15) is 0 Å². The van der Waals surface area contributed by atoms with Gasteiger partial charge >= 0.3 is 0 Å². The summed E-state index contributed by atoms with van der Waals surface area (Å²) in [6.45, 7) is 0. The minimum Gasteiger partial charge on any atom is -0.495 e. The van der Waals surface area contributed by atoms with Crippen LogP contribution < -0.4 is 10.3 Å². The lowest BCUT2D eigenvalue weighted by atomic mass is 10.3. The smallest absolute Gasteiger partial charge is 0.276 e. The first kappa shape index (κ1) is 13.4. The van der Waals surface area contributed by atoms with E-state index in [1.807, 2.05) is 11.4 Å². The molecule has 0 fully saturated rings. The van der Waals surface area contributed by atoms with E-state index in [-0.39, 0.29) is 5.56 Å². The number of benzene rings is 1. The molecule has 0 saturated heterocycles. The fourth-order valence-corrected chi connectivity index (χ4v) is 3.23. The minimum atomic E-state index is -0.181. The highest BCUT2D eigenvalue weighted by atomic mass is 35.5. The van der Waals surface area contributed by atoms with E-state index in [4.69, 9.17) is 28.6 Å². The molecule has 0 bridgehead atoms. The number of aromatic nitrogens is 2. The zero-order valence-electron chi connectivity index (χ0n) is 10.3. The van der Waals surface area contributed by atoms with Crippen molar-refractivity contribution in [3.63, 3.8) is 0 Å². The lowest BCUT2D eigenvalue weighted by Gasteiger charge is -2.11. The van der Waals surface area contributed by atoms with Gasteiger partial charge in [-0.25, -0.2) is 4.57 Å². The lowest BCUT2D eigenvalue weighted by molar-refractivity contribution is 0.412. The Morgan fingerprint density at radius 3 is 2.95 bits per heavy atom. The van der Waals surface area contributed by atoms with Gasteiger partial charge in [0, 0.05) is 5.02 Å². The third-order valence-electron chi connectivity index (χ3n) is 2.89. The summed E-state index contributed by atoms with van der Waals surface area (Å²) >= 11 is 12.7. The number of methoxy groups -OCH3 is 1. The van der Waals surface area contributed by atoms with Gasteiger partial charge in [-0.1, -0.05) is 11.6 Å². The molecule has 0 amide bonds. The second kappa shape index (κ2) is 5.05. The molecule has 0 unspecified atom stereocenters. The van der Waals surface area contributed by atoms with E-state index >= 15 is 0 Å². The molecule has 3 aromatic rings. The number of halogens is 1. The topological polar surface area (TPSA) is 47.0 Å². The molecule has 2 aromatic heterocycles. The predicted octanol–water partition coefficient (Wildman–Crippen LogP) is 3.77. The molecule has 2 heterocycles. The van der Waals surface area contributed by atoms with Crippen LogP contribution >= 0.6 is 35.2 Å². The molecule has 0 aliphatic heterocycles. The Hall–Kier alpha value is -1.63. The fraction of sp³-hybridized carbons (Fsp3) is 0.0769. The van der Waals surface area contributed by atoms with Gasteiger partial charge in [0.25, 0.3) is 5.56 Å². The van der Waals surface area contributed by atoms with E-state index < -0.39 is 0 Å². The molecule has 4 nitrogen and oxygen atoms in total. The van der Waals surface area contributed by atoms with Gasteiger partial charge in [0.05, 0.1) is 18.3 Å². The van der Waals surface area contributed by atoms with Crippen LogP contribution in [0.1, 0.15) is 0 Å². The Balaban J connectivity index is 2.43. The van der Waals surface area contributed by atoms with Crippen molar-refractivity contribution in [2.45, 2.75) is 0 Å². The first-order chi connectivity index (χ1) is 9.61. The quantitative estimate of drug-likeness (QED) is 0.730. The maximum Gasteiger partial charge on any atom is 0.276 e. The number of hydrogen-bond donors (Lipinski definition) is 1. The Kier molecular flexibility index (Phi) is 3.37. The Labute approximate surface area is 128 Å². The molecule has 3 rings (SSSR count). The number of aromatic amines is 1. The second-order valence-corrected chi connectivity index (χ2v) is 5.79. The van der Waals surface area contributed by atoms with Gasteiger partial charge in [0.2, 0.25) is 0 Å². The zero-order valence-corrected chi connectivity index (χ0v) is 12.7. The van der Waals surface area contributed by atoms with Crippen LogP contribution in [-0.2, 0) is 0 Å². The molecule has 1 aromatic carbocycles. The summed E-state index contributed by atoms with van der Waals surface area (Å²) in [5, 5.41) is 2.35. The second-order valence-electron chi connectivity index (χ2n) is 4.05. The molecule has 0 aliphatic carbocycles. The molecule has 0 radical (unpaired) electrons. The van der Waals surface area contributed by atoms with E-state index in [0.29, 0.717) is 25.9 Å². The monoisotopic (exact) mass is 324 g/mol. The van der Waals surface area contributed by atoms with Gasteiger partial charge < -0.3 is 9.72 Å². The molecule has 0 aliphatic rings. The summed E-state index contributed by atoms with van der Waals surface area (Å²) in [6, 6.07) is 6.89. The van der Waals surface area contributed by atoms with E-state index in [9.17, 15) is 4.79 Å². The van der Waals surface area contributed by atoms with Crippen LogP contribution in [0.5, 0.6) is 5.75 Å². The zero-order chi connectivity index (χ0) is 14.3. The highest BCUT2D eigenvalue weighted by molar-refractivity contribution is 7.71. The van der Waals surface area contributed by atoms with Crippen molar-refractivity contribution in [2.24, 2.45) is 0 Å². The number of fused-ring (bicyclic) bond motifs is 1. The van der Waals surface area contributed by atoms with Gasteiger partial charge in [0.15, 0.2) is 4.77 Å². The van der Waals surface area contributed by atoms with Crippen molar-refractivity contribution < 1.29 is 4.74 Å². The summed E-state index contributed by atoms with van der Waals surface area (Å²) < 4.78 is 7.60. The molecule has 0 atom stereocenters. The predicted molar refractivity (Wildman–Crippen MR) is 84.2 cm³/mol. The number of ether oxygens (including phenoxy) is 1. The Morgan fingerprint density at radius 1 is 1.40 bits per heavy atom. The van der Waals surface area contributed by atoms with Crippen LogP contribution in [0.4, 0.5) is 0 Å². The van der Waals surface area contributed by atoms with Crippen molar-refractivity contribution in [3.8, 4) is 11.4 Å². The number of nitrogens with one attached hydrogen (secondary N) is 1. The highest BCUT2D eigenvalue weighted by Crippen LogP contribution is 2.26. The van der Waals surface area contributed by atoms with Gasteiger partial charge in [-0.05, 0) is 41.9 Å². The van der Waals surface area contributed by atoms with Crippen molar-refractivity contribution in [1.29, 1.82) is 0 Å². The van der Waals surface area contributed by atoms with Crippen LogP contribution in [0.3, 0.4) is 0 Å². The number of thiophene rings is 1. The van der Waals surface area contributed by atoms with Crippen LogP contribution in [0.25, 0.3) is 15.9 Å². The number of H-pyrrole nitrogens is 1. The summed E-state index contributed by atoms with van der Waals surface area (Å²) in [4.78, 5) is 15.6. The molecule has 7 heteroatoms. The van der Waals surface area contributed by atoms with Gasteiger partial charge in [-0.3, -0.25) is 4.79 Å². The van der Waals surface area contributed by atoms with Crippen LogP contribution in [0.2, 0.25) is 5.02 Å². The average Bonchev–Trinajstić information content (AvgIpc) is 2.87. The Bertz CT molecular complexity index is 911. The molecular formula is C13H9ClN2O2S2. The molecule has 1 N–H and O–H groups in total. The van der Waals surface area contributed by atoms with Crippen LogP contribution in [-0.4, -0.2) is 16.7 Å². The van der Waals surface area contributed by atoms with Crippen LogP contribution in [0.15, 0.2) is 34.4 Å². The molecular weight excluding hydrogens is 316 g/mol. The highest BCUT2D eigenvalue weighted by Gasteiger charge is 2.13. The molecule has 0 saturated carbocycles. The summed E-state index contributed by atoms with van der Waals surface area (Å²) in [6.07, 6.45) is 0. The van der Waals surface area contributed by atoms with Crippen molar-refractivity contribution >= 4 is 45.4 Å². The maximum atomic E-state index is 12.6. The summed E-state index contributed by atoms with van der Waals surface area (Å²) in [5.41, 5.74) is 1.09. The van der Waals surface area contributed by atoms with E-state index in [2.05, 4.69) is 4.98 Å². The van der Waals surface area contributed by atoms with Crippen molar-refractivity contribution in [2.75, 3.05) is 7.11 Å². The number of rotatable bonds is 2. The van der Waals surface area contributed by atoms with Crippen molar-refractivity contribution in [1.82, 2.24) is 9.55 Å². The third-order valence-corrected chi connectivity index (χ3v) is 4.31. The Morgan fingerprint density at radius 2 is 2.20 bits per heavy atom. The van der Waals surface area contributed by atoms with E-state index in [1.54, 1.807) is 18.2 Å². The standard InChI is InChI=1S/C13H9ClN2O2S2/c1-18-10-3-2-7(14)6-9(10)16-12(17)11-8(4-5-20-11)15-13(16)19/h2-6H,1H3,(H,15,19). The average molecular weight is 325 g/mol. The largest absolute Gasteiger partial charge is 0.495 e. The first-order valence-corrected chi connectivity index (χ1v) is 7.35. The van der Waals surface area contributed by atoms with Gasteiger partial charge in [-0.15, -0.1) is 11.3 Å². The fourth-order valence-electron chi connectivity index (χ4n) is 1.99. The minimum absolute atomic E-state index is 0.181. The summed E-state index contributed by atoms with van der Waals surface area (Å²) in [5.74, 6) is 0.534. The number of hydrogen-bond acceptors (Lipinski definition) is 4. The summed E-state index contributed by atoms with van der Waals surface area (Å²) in [7, 11) is 1.54. The first-order valence-electron chi connectivity index (χ1n) is 5.68. The normalized spacial score (nSPS) is 10.9. The SMILES string of the molecule is COc1ccc(Cl)cc1-n1c(=S)[nH]c2ccsc2c1=O. The van der Waals surface area contributed by atoms with Gasteiger partial charge in [0.1, 0.15) is 10.4 Å². The van der Waals surface area contributed by atoms with E-state index in [1.165, 1.54) is 23.0 Å². The molecule has 20 heavy (non-hydrogen) atoms. The van der Waals surface area contributed by atoms with Crippen LogP contribution in [0, 0.1) is 4.77 Å². The molecule has 102 valence electrons.